The first kappa shape index (κ1) is 9.52. The van der Waals surface area contributed by atoms with Crippen molar-refractivity contribution in [2.24, 2.45) is 7.05 Å². The quantitative estimate of drug-likeness (QED) is 0.681. The summed E-state index contributed by atoms with van der Waals surface area (Å²) in [5.74, 6) is 0.121. The van der Waals surface area contributed by atoms with E-state index in [0.717, 1.165) is 5.69 Å². The molecule has 76 valence electrons. The number of nitrogens with zero attached hydrogens (tertiary/aromatic N) is 3. The van der Waals surface area contributed by atoms with E-state index in [-0.39, 0.29) is 11.3 Å². The highest BCUT2D eigenvalue weighted by molar-refractivity contribution is 6.22. The van der Waals surface area contributed by atoms with E-state index in [1.807, 2.05) is 19.3 Å². The molecule has 0 spiro atoms. The van der Waals surface area contributed by atoms with Crippen molar-refractivity contribution in [3.63, 3.8) is 0 Å². The van der Waals surface area contributed by atoms with E-state index in [4.69, 9.17) is 11.6 Å². The zero-order valence-electron chi connectivity index (χ0n) is 7.98. The van der Waals surface area contributed by atoms with E-state index in [0.29, 0.717) is 19.5 Å². The Bertz CT molecular complexity index is 350. The van der Waals surface area contributed by atoms with Gasteiger partial charge in [-0.3, -0.25) is 9.48 Å². The van der Waals surface area contributed by atoms with Gasteiger partial charge in [-0.15, -0.1) is 11.6 Å². The topological polar surface area (TPSA) is 38.1 Å². The number of carbonyl (C=O) groups is 1. The number of alkyl halides is 1. The Labute approximate surface area is 87.4 Å². The van der Waals surface area contributed by atoms with Crippen LogP contribution in [0.3, 0.4) is 0 Å². The fourth-order valence-electron chi connectivity index (χ4n) is 1.62. The lowest BCUT2D eigenvalue weighted by Crippen LogP contribution is -2.24. The fraction of sp³-hybridized carbons (Fsp3) is 0.556. The summed E-state index contributed by atoms with van der Waals surface area (Å²) in [6.45, 7) is 1.21. The molecule has 2 heterocycles. The van der Waals surface area contributed by atoms with Crippen LogP contribution in [0.4, 0.5) is 0 Å². The van der Waals surface area contributed by atoms with E-state index >= 15 is 0 Å². The summed E-state index contributed by atoms with van der Waals surface area (Å²) < 4.78 is 1.73. The van der Waals surface area contributed by atoms with Crippen LogP contribution in [0, 0.1) is 0 Å². The maximum absolute atomic E-state index is 11.4. The molecule has 0 aliphatic carbocycles. The zero-order chi connectivity index (χ0) is 10.1. The van der Waals surface area contributed by atoms with Gasteiger partial charge in [0.15, 0.2) is 0 Å². The summed E-state index contributed by atoms with van der Waals surface area (Å²) >= 11 is 5.89. The van der Waals surface area contributed by atoms with E-state index in [2.05, 4.69) is 5.10 Å². The normalized spacial score (nSPS) is 22.0. The lowest BCUT2D eigenvalue weighted by Gasteiger charge is -2.13. The predicted octanol–water partition coefficient (Wildman–Crippen LogP) is 0.760. The number of aromatic nitrogens is 2. The van der Waals surface area contributed by atoms with E-state index in [1.54, 1.807) is 9.58 Å². The van der Waals surface area contributed by atoms with Gasteiger partial charge < -0.3 is 4.90 Å². The van der Waals surface area contributed by atoms with Crippen molar-refractivity contribution < 1.29 is 4.79 Å². The minimum atomic E-state index is -0.0359. The van der Waals surface area contributed by atoms with Gasteiger partial charge in [-0.05, 0) is 6.07 Å². The maximum Gasteiger partial charge on any atom is 0.224 e. The van der Waals surface area contributed by atoms with Gasteiger partial charge in [-0.2, -0.15) is 5.10 Å². The molecule has 0 aromatic carbocycles. The molecule has 0 radical (unpaired) electrons. The molecule has 1 fully saturated rings. The van der Waals surface area contributed by atoms with Crippen molar-refractivity contribution in [2.45, 2.75) is 18.3 Å². The zero-order valence-corrected chi connectivity index (χ0v) is 8.74. The van der Waals surface area contributed by atoms with Crippen molar-refractivity contribution in [1.29, 1.82) is 0 Å². The first-order valence-corrected chi connectivity index (χ1v) is 4.99. The highest BCUT2D eigenvalue weighted by atomic mass is 35.5. The standard InChI is InChI=1S/C9H12ClN3O/c1-12-3-2-8(11-12)6-13-5-7(10)4-9(13)14/h2-3,7H,4-6H2,1H3. The number of aryl methyl sites for hydroxylation is 1. The average molecular weight is 214 g/mol. The van der Waals surface area contributed by atoms with E-state index in [9.17, 15) is 4.79 Å². The summed E-state index contributed by atoms with van der Waals surface area (Å²) in [6, 6.07) is 1.91. The molecule has 2 rings (SSSR count). The number of likely N-dealkylation sites (tertiary alicyclic amines) is 1. The summed E-state index contributed by atoms with van der Waals surface area (Å²) in [4.78, 5) is 13.2. The Morgan fingerprint density at radius 3 is 3.00 bits per heavy atom. The SMILES string of the molecule is Cn1ccc(CN2CC(Cl)CC2=O)n1. The maximum atomic E-state index is 11.4. The van der Waals surface area contributed by atoms with Crippen LogP contribution in [0.15, 0.2) is 12.3 Å². The molecule has 1 amide bonds. The van der Waals surface area contributed by atoms with Crippen LogP contribution in [0.1, 0.15) is 12.1 Å². The Morgan fingerprint density at radius 1 is 1.71 bits per heavy atom. The molecule has 1 aliphatic heterocycles. The van der Waals surface area contributed by atoms with Crippen LogP contribution in [0.2, 0.25) is 0 Å². The second-order valence-electron chi connectivity index (χ2n) is 3.56. The van der Waals surface area contributed by atoms with Crippen molar-refractivity contribution >= 4 is 17.5 Å². The average Bonchev–Trinajstić information content (AvgIpc) is 2.61. The number of hydrogen-bond donors (Lipinski definition) is 0. The third-order valence-electron chi connectivity index (χ3n) is 2.29. The van der Waals surface area contributed by atoms with Crippen LogP contribution in [-0.2, 0) is 18.4 Å². The first-order chi connectivity index (χ1) is 6.65. The molecule has 0 N–H and O–H groups in total. The summed E-state index contributed by atoms with van der Waals surface area (Å²) in [5.41, 5.74) is 0.909. The van der Waals surface area contributed by atoms with Gasteiger partial charge in [0, 0.05) is 26.2 Å². The first-order valence-electron chi connectivity index (χ1n) is 4.55. The van der Waals surface area contributed by atoms with Crippen LogP contribution >= 0.6 is 11.6 Å². The second kappa shape index (κ2) is 3.61. The lowest BCUT2D eigenvalue weighted by atomic mass is 10.4. The Hall–Kier alpha value is -1.03. The van der Waals surface area contributed by atoms with Crippen molar-refractivity contribution in [3.05, 3.63) is 18.0 Å². The molecule has 14 heavy (non-hydrogen) atoms. The van der Waals surface area contributed by atoms with Gasteiger partial charge in [0.1, 0.15) is 0 Å². The van der Waals surface area contributed by atoms with Gasteiger partial charge in [0.05, 0.1) is 17.6 Å². The number of amides is 1. The Morgan fingerprint density at radius 2 is 2.50 bits per heavy atom. The lowest BCUT2D eigenvalue weighted by molar-refractivity contribution is -0.128. The fourth-order valence-corrected chi connectivity index (χ4v) is 1.92. The third-order valence-corrected chi connectivity index (χ3v) is 2.58. The van der Waals surface area contributed by atoms with Crippen LogP contribution < -0.4 is 0 Å². The second-order valence-corrected chi connectivity index (χ2v) is 4.17. The van der Waals surface area contributed by atoms with Gasteiger partial charge in [0.2, 0.25) is 5.91 Å². The molecule has 1 aliphatic rings. The minimum Gasteiger partial charge on any atom is -0.335 e. The molecule has 4 nitrogen and oxygen atoms in total. The molecule has 5 heteroatoms. The van der Waals surface area contributed by atoms with Crippen LogP contribution in [0.25, 0.3) is 0 Å². The number of hydrogen-bond acceptors (Lipinski definition) is 2. The van der Waals surface area contributed by atoms with Crippen molar-refractivity contribution in [2.75, 3.05) is 6.54 Å². The number of rotatable bonds is 2. The third kappa shape index (κ3) is 1.90. The van der Waals surface area contributed by atoms with Crippen LogP contribution in [0.5, 0.6) is 0 Å². The van der Waals surface area contributed by atoms with Crippen molar-refractivity contribution in [3.8, 4) is 0 Å². The molecular weight excluding hydrogens is 202 g/mol. The number of halogens is 1. The molecule has 0 saturated carbocycles. The predicted molar refractivity (Wildman–Crippen MR) is 52.9 cm³/mol. The molecular formula is C9H12ClN3O. The largest absolute Gasteiger partial charge is 0.335 e. The summed E-state index contributed by atoms with van der Waals surface area (Å²) in [7, 11) is 1.86. The highest BCUT2D eigenvalue weighted by Gasteiger charge is 2.28. The molecule has 1 unspecified atom stereocenters. The molecule has 0 bridgehead atoms. The molecule has 1 saturated heterocycles. The number of carbonyl (C=O) groups excluding carboxylic acids is 1. The van der Waals surface area contributed by atoms with E-state index < -0.39 is 0 Å². The Kier molecular flexibility index (Phi) is 2.46. The molecule has 1 aromatic heterocycles. The highest BCUT2D eigenvalue weighted by Crippen LogP contribution is 2.17. The van der Waals surface area contributed by atoms with Crippen molar-refractivity contribution in [1.82, 2.24) is 14.7 Å². The van der Waals surface area contributed by atoms with Gasteiger partial charge in [-0.1, -0.05) is 0 Å². The minimum absolute atomic E-state index is 0.0359. The van der Waals surface area contributed by atoms with Crippen LogP contribution in [-0.4, -0.2) is 32.5 Å². The van der Waals surface area contributed by atoms with Gasteiger partial charge in [0.25, 0.3) is 0 Å². The van der Waals surface area contributed by atoms with Gasteiger partial charge >= 0.3 is 0 Å². The summed E-state index contributed by atoms with van der Waals surface area (Å²) in [6.07, 6.45) is 2.32. The molecule has 1 aromatic rings. The van der Waals surface area contributed by atoms with E-state index in [1.165, 1.54) is 0 Å². The van der Waals surface area contributed by atoms with Gasteiger partial charge in [-0.25, -0.2) is 0 Å². The monoisotopic (exact) mass is 213 g/mol. The smallest absolute Gasteiger partial charge is 0.224 e. The Balaban J connectivity index is 2.01. The summed E-state index contributed by atoms with van der Waals surface area (Å²) in [5, 5.41) is 4.18. The molecule has 1 atom stereocenters.